The lowest BCUT2D eigenvalue weighted by atomic mass is 9.93. The largest absolute Gasteiger partial charge is 0.453 e. The van der Waals surface area contributed by atoms with Crippen molar-refractivity contribution >= 4 is 35.6 Å². The first kappa shape index (κ1) is 47.1. The van der Waals surface area contributed by atoms with Crippen LogP contribution in [0.15, 0.2) is 85.2 Å². The standard InChI is InChI=1S/C49H55F3N8O6/c1-28(2)41(57-47(63)65-5)45(61)59-23-7-9-39(59)43-53-26-37(55-43)33-13-11-30(12-14-33)25-36(32-19-21-35(22-20-32)49(50,51)52)31-15-17-34(18-16-31)38-27-54-44(56-38)40-10-8-24-60(40)46(62)42(29(3)4)58-48(64)66-6/h11-22,25-29,39-42H,7-10,23-24H2,1-6H3,(H,53,55)(H,54,56)(H,57,63)(H,58,64)/t39-,40-,41-,42-/m0/s1. The Bertz CT molecular complexity index is 2530. The molecule has 5 aromatic rings. The van der Waals surface area contributed by atoms with Crippen LogP contribution in [0, 0.1) is 11.8 Å². The van der Waals surface area contributed by atoms with Gasteiger partial charge in [-0.05, 0) is 89.1 Å². The fourth-order valence-electron chi connectivity index (χ4n) is 8.62. The molecule has 4 atom stereocenters. The molecule has 4 N–H and O–H groups in total. The Hall–Kier alpha value is -6.91. The first-order chi connectivity index (χ1) is 31.6. The number of alkyl carbamates (subject to hydrolysis) is 2. The van der Waals surface area contributed by atoms with E-state index in [1.807, 2.05) is 82.3 Å². The zero-order chi connectivity index (χ0) is 47.3. The number of imidazole rings is 2. The van der Waals surface area contributed by atoms with Gasteiger partial charge in [-0.1, -0.05) is 88.4 Å². The van der Waals surface area contributed by atoms with Gasteiger partial charge < -0.3 is 39.9 Å². The molecular formula is C49H55F3N8O6. The molecule has 2 aliphatic heterocycles. The average molecular weight is 909 g/mol. The summed E-state index contributed by atoms with van der Waals surface area (Å²) in [6, 6.07) is 18.3. The summed E-state index contributed by atoms with van der Waals surface area (Å²) >= 11 is 0. The SMILES string of the molecule is COC(=O)N[C@H](C(=O)N1CCC[C@H]1c1ncc(-c2ccc(C=C(c3ccc(-c4cnc([C@@H]5CCCN5C(=O)[C@@H](NC(=O)OC)C(C)C)[nH]4)cc3)c3ccc(C(F)(F)F)cc3)cc2)[nH]1)C(C)C. The number of hydrogen-bond acceptors (Lipinski definition) is 8. The molecule has 17 heteroatoms. The monoisotopic (exact) mass is 908 g/mol. The molecule has 2 aliphatic rings. The molecule has 66 heavy (non-hydrogen) atoms. The third kappa shape index (κ3) is 10.5. The van der Waals surface area contributed by atoms with Crippen LogP contribution in [0.25, 0.3) is 34.2 Å². The quantitative estimate of drug-likeness (QED) is 0.0847. The summed E-state index contributed by atoms with van der Waals surface area (Å²) in [6.45, 7) is 8.50. The lowest BCUT2D eigenvalue weighted by molar-refractivity contribution is -0.138. The highest BCUT2D eigenvalue weighted by molar-refractivity contribution is 5.92. The molecule has 4 heterocycles. The molecule has 0 aliphatic carbocycles. The molecule has 14 nitrogen and oxygen atoms in total. The number of nitrogens with zero attached hydrogens (tertiary/aromatic N) is 4. The van der Waals surface area contributed by atoms with Crippen LogP contribution in [-0.2, 0) is 25.2 Å². The minimum Gasteiger partial charge on any atom is -0.453 e. The van der Waals surface area contributed by atoms with Crippen molar-refractivity contribution < 1.29 is 41.8 Å². The Morgan fingerprint density at radius 3 is 1.47 bits per heavy atom. The summed E-state index contributed by atoms with van der Waals surface area (Å²) in [5.41, 5.74) is 5.25. The molecule has 2 fully saturated rings. The van der Waals surface area contributed by atoms with E-state index in [9.17, 15) is 32.3 Å². The van der Waals surface area contributed by atoms with E-state index in [0.29, 0.717) is 48.7 Å². The van der Waals surface area contributed by atoms with Crippen LogP contribution in [-0.4, -0.2) is 93.1 Å². The number of rotatable bonds is 13. The highest BCUT2D eigenvalue weighted by atomic mass is 19.4. The Morgan fingerprint density at radius 1 is 0.667 bits per heavy atom. The normalized spacial score (nSPS) is 17.5. The number of aromatic nitrogens is 4. The van der Waals surface area contributed by atoms with Gasteiger partial charge in [-0.2, -0.15) is 13.2 Å². The fraction of sp³-hybridized carbons (Fsp3) is 0.388. The van der Waals surface area contributed by atoms with Crippen molar-refractivity contribution in [3.63, 3.8) is 0 Å². The van der Waals surface area contributed by atoms with E-state index >= 15 is 0 Å². The summed E-state index contributed by atoms with van der Waals surface area (Å²) in [5.74, 6) is 0.530. The second-order valence-electron chi connectivity index (χ2n) is 17.3. The highest BCUT2D eigenvalue weighted by Gasteiger charge is 2.39. The Morgan fingerprint density at radius 2 is 1.08 bits per heavy atom. The molecule has 2 aromatic heterocycles. The molecule has 0 radical (unpaired) electrons. The second-order valence-corrected chi connectivity index (χ2v) is 17.3. The molecular weight excluding hydrogens is 854 g/mol. The van der Waals surface area contributed by atoms with Crippen LogP contribution in [0.2, 0.25) is 0 Å². The van der Waals surface area contributed by atoms with Crippen LogP contribution in [0.5, 0.6) is 0 Å². The van der Waals surface area contributed by atoms with Crippen molar-refractivity contribution in [3.05, 3.63) is 119 Å². The predicted molar refractivity (Wildman–Crippen MR) is 242 cm³/mol. The smallest absolute Gasteiger partial charge is 0.416 e. The third-order valence-electron chi connectivity index (χ3n) is 12.2. The van der Waals surface area contributed by atoms with E-state index in [2.05, 4.69) is 30.6 Å². The zero-order valence-corrected chi connectivity index (χ0v) is 37.7. The Labute approximate surface area is 381 Å². The molecule has 2 saturated heterocycles. The topological polar surface area (TPSA) is 175 Å². The summed E-state index contributed by atoms with van der Waals surface area (Å²) in [4.78, 5) is 71.0. The van der Waals surface area contributed by atoms with Crippen molar-refractivity contribution in [1.82, 2.24) is 40.4 Å². The van der Waals surface area contributed by atoms with Crippen LogP contribution in [0.1, 0.15) is 99.4 Å². The second kappa shape index (κ2) is 20.1. The number of methoxy groups -OCH3 is 2. The number of ether oxygens (including phenoxy) is 2. The van der Waals surface area contributed by atoms with E-state index in [0.717, 1.165) is 58.6 Å². The number of likely N-dealkylation sites (tertiary alicyclic amines) is 2. The van der Waals surface area contributed by atoms with Gasteiger partial charge in [-0.25, -0.2) is 19.6 Å². The lowest BCUT2D eigenvalue weighted by Gasteiger charge is -2.30. The van der Waals surface area contributed by atoms with Gasteiger partial charge in [0.1, 0.15) is 23.7 Å². The molecule has 0 unspecified atom stereocenters. The zero-order valence-electron chi connectivity index (χ0n) is 37.7. The van der Waals surface area contributed by atoms with E-state index in [1.165, 1.54) is 26.4 Å². The number of nitrogens with one attached hydrogen (secondary N) is 4. The average Bonchev–Trinajstić information content (AvgIpc) is 4.16. The van der Waals surface area contributed by atoms with Gasteiger partial charge in [0.05, 0.1) is 55.6 Å². The molecule has 3 aromatic carbocycles. The van der Waals surface area contributed by atoms with Gasteiger partial charge in [-0.15, -0.1) is 0 Å². The maximum absolute atomic E-state index is 13.7. The number of carbonyl (C=O) groups excluding carboxylic acids is 4. The Balaban J connectivity index is 1.11. The van der Waals surface area contributed by atoms with Crippen molar-refractivity contribution in [1.29, 1.82) is 0 Å². The summed E-state index contributed by atoms with van der Waals surface area (Å²) in [6.07, 6.45) is 2.50. The first-order valence-electron chi connectivity index (χ1n) is 22.1. The third-order valence-corrected chi connectivity index (χ3v) is 12.2. The molecule has 4 amide bonds. The maximum Gasteiger partial charge on any atom is 0.416 e. The molecule has 348 valence electrons. The minimum atomic E-state index is -4.49. The van der Waals surface area contributed by atoms with Gasteiger partial charge in [0, 0.05) is 13.1 Å². The number of halogens is 3. The lowest BCUT2D eigenvalue weighted by Crippen LogP contribution is -2.51. The summed E-state index contributed by atoms with van der Waals surface area (Å²) in [7, 11) is 2.52. The van der Waals surface area contributed by atoms with E-state index in [-0.39, 0.29) is 35.7 Å². The van der Waals surface area contributed by atoms with Crippen LogP contribution >= 0.6 is 0 Å². The number of hydrogen-bond donors (Lipinski definition) is 4. The number of aromatic amines is 2. The first-order valence-corrected chi connectivity index (χ1v) is 22.1. The van der Waals surface area contributed by atoms with E-state index in [4.69, 9.17) is 9.47 Å². The molecule has 7 rings (SSSR count). The van der Waals surface area contributed by atoms with Crippen molar-refractivity contribution in [2.75, 3.05) is 27.3 Å². The predicted octanol–water partition coefficient (Wildman–Crippen LogP) is 9.16. The summed E-state index contributed by atoms with van der Waals surface area (Å²) < 4.78 is 50.4. The van der Waals surface area contributed by atoms with Crippen LogP contribution in [0.3, 0.4) is 0 Å². The number of H-pyrrole nitrogens is 2. The number of alkyl halides is 3. The number of amides is 4. The summed E-state index contributed by atoms with van der Waals surface area (Å²) in [5, 5.41) is 5.34. The number of carbonyl (C=O) groups is 4. The molecule has 0 saturated carbocycles. The van der Waals surface area contributed by atoms with Crippen LogP contribution in [0.4, 0.5) is 22.8 Å². The minimum absolute atomic E-state index is 0.161. The van der Waals surface area contributed by atoms with Crippen molar-refractivity contribution in [2.24, 2.45) is 11.8 Å². The van der Waals surface area contributed by atoms with Gasteiger partial charge in [-0.3, -0.25) is 9.59 Å². The van der Waals surface area contributed by atoms with E-state index in [1.54, 1.807) is 22.2 Å². The maximum atomic E-state index is 13.7. The van der Waals surface area contributed by atoms with Crippen LogP contribution < -0.4 is 10.6 Å². The van der Waals surface area contributed by atoms with E-state index < -0.39 is 36.0 Å². The Kier molecular flexibility index (Phi) is 14.3. The molecule has 0 spiro atoms. The van der Waals surface area contributed by atoms with Gasteiger partial charge in [0.25, 0.3) is 0 Å². The number of benzene rings is 3. The van der Waals surface area contributed by atoms with Gasteiger partial charge >= 0.3 is 18.4 Å². The van der Waals surface area contributed by atoms with Gasteiger partial charge in [0.15, 0.2) is 0 Å². The fourth-order valence-corrected chi connectivity index (χ4v) is 8.62. The van der Waals surface area contributed by atoms with Crippen molar-refractivity contribution in [3.8, 4) is 22.5 Å². The van der Waals surface area contributed by atoms with Gasteiger partial charge in [0.2, 0.25) is 11.8 Å². The van der Waals surface area contributed by atoms with Crippen molar-refractivity contribution in [2.45, 2.75) is 83.7 Å². The molecule has 0 bridgehead atoms. The highest BCUT2D eigenvalue weighted by Crippen LogP contribution is 2.36.